The van der Waals surface area contributed by atoms with Crippen molar-refractivity contribution in [1.29, 1.82) is 0 Å². The van der Waals surface area contributed by atoms with E-state index in [2.05, 4.69) is 32.1 Å². The van der Waals surface area contributed by atoms with Crippen LogP contribution in [-0.4, -0.2) is 23.5 Å². The second kappa shape index (κ2) is 10.0. The number of carbonyl (C=O) groups excluding carboxylic acids is 2. The summed E-state index contributed by atoms with van der Waals surface area (Å²) in [6.45, 7) is 4.53. The van der Waals surface area contributed by atoms with Crippen molar-refractivity contribution in [3.8, 4) is 5.75 Å². The number of ether oxygens (including phenoxy) is 1. The van der Waals surface area contributed by atoms with E-state index in [-0.39, 0.29) is 11.0 Å². The highest BCUT2D eigenvalue weighted by molar-refractivity contribution is 9.10. The van der Waals surface area contributed by atoms with Gasteiger partial charge in [0, 0.05) is 10.0 Å². The summed E-state index contributed by atoms with van der Waals surface area (Å²) in [6.07, 6.45) is 0. The van der Waals surface area contributed by atoms with E-state index in [4.69, 9.17) is 17.0 Å². The monoisotopic (exact) mass is 449 g/mol. The smallest absolute Gasteiger partial charge is 0.269 e. The molecule has 0 saturated heterocycles. The van der Waals surface area contributed by atoms with Crippen LogP contribution in [0.1, 0.15) is 34.6 Å². The van der Waals surface area contributed by atoms with E-state index in [1.54, 1.807) is 42.5 Å². The number of carbonyl (C=O) groups is 2. The summed E-state index contributed by atoms with van der Waals surface area (Å²) < 4.78 is 6.43. The van der Waals surface area contributed by atoms with Crippen molar-refractivity contribution in [3.05, 3.63) is 64.1 Å². The zero-order valence-electron chi connectivity index (χ0n) is 14.9. The molecule has 8 heteroatoms. The molecule has 2 amide bonds. The molecule has 0 heterocycles. The molecule has 0 radical (unpaired) electrons. The largest absolute Gasteiger partial charge is 0.492 e. The summed E-state index contributed by atoms with van der Waals surface area (Å²) in [6, 6.07) is 13.8. The molecule has 0 bridgehead atoms. The van der Waals surface area contributed by atoms with Gasteiger partial charge >= 0.3 is 0 Å². The van der Waals surface area contributed by atoms with Crippen molar-refractivity contribution in [1.82, 2.24) is 16.2 Å². The maximum Gasteiger partial charge on any atom is 0.269 e. The van der Waals surface area contributed by atoms with Crippen molar-refractivity contribution in [3.63, 3.8) is 0 Å². The highest BCUT2D eigenvalue weighted by Crippen LogP contribution is 2.23. The Bertz CT molecular complexity index is 828. The Kier molecular flexibility index (Phi) is 7.75. The van der Waals surface area contributed by atoms with E-state index in [0.717, 1.165) is 4.47 Å². The van der Waals surface area contributed by atoms with Crippen LogP contribution in [0.3, 0.4) is 0 Å². The molecule has 0 saturated carbocycles. The first kappa shape index (κ1) is 20.9. The number of nitrogens with one attached hydrogen (secondary N) is 3. The number of hydrogen-bond donors (Lipinski definition) is 3. The first-order chi connectivity index (χ1) is 12.9. The molecule has 0 unspecified atom stereocenters. The predicted molar refractivity (Wildman–Crippen MR) is 112 cm³/mol. The first-order valence-corrected chi connectivity index (χ1v) is 9.46. The molecule has 0 spiro atoms. The van der Waals surface area contributed by atoms with Gasteiger partial charge in [0.1, 0.15) is 5.75 Å². The van der Waals surface area contributed by atoms with Gasteiger partial charge in [0.05, 0.1) is 12.2 Å². The summed E-state index contributed by atoms with van der Waals surface area (Å²) in [4.78, 5) is 24.5. The van der Waals surface area contributed by atoms with Gasteiger partial charge in [0.25, 0.3) is 11.8 Å². The summed E-state index contributed by atoms with van der Waals surface area (Å²) >= 11 is 8.42. The van der Waals surface area contributed by atoms with Gasteiger partial charge in [-0.05, 0) is 48.5 Å². The van der Waals surface area contributed by atoms with Gasteiger partial charge < -0.3 is 4.74 Å². The lowest BCUT2D eigenvalue weighted by atomic mass is 10.2. The molecule has 0 aliphatic carbocycles. The average molecular weight is 450 g/mol. The van der Waals surface area contributed by atoms with Crippen LogP contribution in [0.15, 0.2) is 53.0 Å². The molecule has 2 aromatic rings. The number of amides is 2. The zero-order valence-corrected chi connectivity index (χ0v) is 17.3. The van der Waals surface area contributed by atoms with Crippen molar-refractivity contribution in [2.75, 3.05) is 6.61 Å². The molecule has 0 fully saturated rings. The second-order valence-corrected chi connectivity index (χ2v) is 7.40. The predicted octanol–water partition coefficient (Wildman–Crippen LogP) is 3.43. The van der Waals surface area contributed by atoms with Crippen molar-refractivity contribution in [2.24, 2.45) is 5.92 Å². The molecule has 2 aromatic carbocycles. The van der Waals surface area contributed by atoms with E-state index in [1.165, 1.54) is 0 Å². The summed E-state index contributed by atoms with van der Waals surface area (Å²) in [5.41, 5.74) is 5.75. The van der Waals surface area contributed by atoms with Crippen LogP contribution < -0.4 is 20.9 Å². The molecule has 6 nitrogen and oxygen atoms in total. The number of halogens is 1. The Morgan fingerprint density at radius 2 is 1.78 bits per heavy atom. The quantitative estimate of drug-likeness (QED) is 0.481. The molecular weight excluding hydrogens is 430 g/mol. The van der Waals surface area contributed by atoms with Crippen LogP contribution in [0.5, 0.6) is 5.75 Å². The maximum atomic E-state index is 12.5. The van der Waals surface area contributed by atoms with E-state index in [0.29, 0.717) is 29.4 Å². The zero-order chi connectivity index (χ0) is 19.8. The van der Waals surface area contributed by atoms with Gasteiger partial charge in [-0.25, -0.2) is 0 Å². The molecule has 142 valence electrons. The Balaban J connectivity index is 1.96. The Morgan fingerprint density at radius 3 is 2.44 bits per heavy atom. The van der Waals surface area contributed by atoms with Crippen LogP contribution in [0.25, 0.3) is 0 Å². The van der Waals surface area contributed by atoms with Crippen molar-refractivity contribution in [2.45, 2.75) is 13.8 Å². The lowest BCUT2D eigenvalue weighted by Gasteiger charge is -2.15. The highest BCUT2D eigenvalue weighted by atomic mass is 79.9. The Labute approximate surface area is 171 Å². The van der Waals surface area contributed by atoms with Crippen LogP contribution in [-0.2, 0) is 0 Å². The molecule has 0 atom stereocenters. The van der Waals surface area contributed by atoms with E-state index < -0.39 is 5.91 Å². The van der Waals surface area contributed by atoms with Gasteiger partial charge in [-0.15, -0.1) is 0 Å². The fourth-order valence-corrected chi connectivity index (χ4v) is 2.54. The fourth-order valence-electron chi connectivity index (χ4n) is 2.04. The number of hydrazine groups is 1. The van der Waals surface area contributed by atoms with E-state index in [1.807, 2.05) is 19.9 Å². The molecule has 3 N–H and O–H groups in total. The minimum absolute atomic E-state index is 0.0286. The van der Waals surface area contributed by atoms with Gasteiger partial charge in [-0.3, -0.25) is 25.8 Å². The van der Waals surface area contributed by atoms with E-state index in [9.17, 15) is 9.59 Å². The molecular formula is C19H20BrN3O3S. The SMILES string of the molecule is CC(C)COc1ccc(Br)cc1C(=O)NC(=S)NNC(=O)c1ccccc1. The lowest BCUT2D eigenvalue weighted by Crippen LogP contribution is -2.48. The van der Waals surface area contributed by atoms with Crippen LogP contribution in [0.4, 0.5) is 0 Å². The van der Waals surface area contributed by atoms with Crippen LogP contribution >= 0.6 is 28.1 Å². The third-order valence-electron chi connectivity index (χ3n) is 3.31. The summed E-state index contributed by atoms with van der Waals surface area (Å²) in [5.74, 6) is -0.0295. The third-order valence-corrected chi connectivity index (χ3v) is 4.01. The Hall–Kier alpha value is -2.45. The minimum atomic E-state index is -0.443. The van der Waals surface area contributed by atoms with Crippen LogP contribution in [0, 0.1) is 5.92 Å². The summed E-state index contributed by atoms with van der Waals surface area (Å²) in [7, 11) is 0. The number of hydrogen-bond acceptors (Lipinski definition) is 4. The van der Waals surface area contributed by atoms with Crippen LogP contribution in [0.2, 0.25) is 0 Å². The van der Waals surface area contributed by atoms with Gasteiger partial charge in [-0.2, -0.15) is 0 Å². The number of benzene rings is 2. The Morgan fingerprint density at radius 1 is 1.07 bits per heavy atom. The van der Waals surface area contributed by atoms with E-state index >= 15 is 0 Å². The van der Waals surface area contributed by atoms with Crippen molar-refractivity contribution >= 4 is 45.1 Å². The van der Waals surface area contributed by atoms with Crippen molar-refractivity contribution < 1.29 is 14.3 Å². The maximum absolute atomic E-state index is 12.5. The molecule has 0 aliphatic heterocycles. The topological polar surface area (TPSA) is 79.5 Å². The number of rotatable bonds is 5. The minimum Gasteiger partial charge on any atom is -0.492 e. The van der Waals surface area contributed by atoms with Gasteiger partial charge in [0.2, 0.25) is 0 Å². The highest BCUT2D eigenvalue weighted by Gasteiger charge is 2.15. The molecule has 0 aliphatic rings. The molecule has 2 rings (SSSR count). The summed E-state index contributed by atoms with van der Waals surface area (Å²) in [5, 5.41) is 2.50. The van der Waals surface area contributed by atoms with Gasteiger partial charge in [0.15, 0.2) is 5.11 Å². The lowest BCUT2D eigenvalue weighted by molar-refractivity contribution is 0.0933. The number of thiocarbonyl (C=S) groups is 1. The normalized spacial score (nSPS) is 10.2. The molecule has 0 aromatic heterocycles. The third kappa shape index (κ3) is 6.65. The first-order valence-electron chi connectivity index (χ1n) is 8.26. The second-order valence-electron chi connectivity index (χ2n) is 6.07. The van der Waals surface area contributed by atoms with Gasteiger partial charge in [-0.1, -0.05) is 48.0 Å². The standard InChI is InChI=1S/C19H20BrN3O3S/c1-12(2)11-26-16-9-8-14(20)10-15(16)18(25)21-19(27)23-22-17(24)13-6-4-3-5-7-13/h3-10,12H,11H2,1-2H3,(H,22,24)(H2,21,23,25,27). The average Bonchev–Trinajstić information content (AvgIpc) is 2.65. The molecule has 27 heavy (non-hydrogen) atoms. The fraction of sp³-hybridized carbons (Fsp3) is 0.211.